The van der Waals surface area contributed by atoms with Gasteiger partial charge in [0.05, 0.1) is 11.4 Å². The summed E-state index contributed by atoms with van der Waals surface area (Å²) in [4.78, 5) is 5.57. The normalized spacial score (nSPS) is 14.2. The first-order valence-electron chi connectivity index (χ1n) is 9.40. The molecule has 4 rings (SSSR count). The standard InChI is InChI=1S/C21H21FN6/c1-2-16-7-9-17(10-8-16)28-24-19(15-23)21(25-28)27-13-11-26(12-14-27)20-6-4-3-5-18(20)22/h3-10H,2,11-14H2,1H3. The highest BCUT2D eigenvalue weighted by Gasteiger charge is 2.24. The highest BCUT2D eigenvalue weighted by atomic mass is 19.1. The molecule has 3 aromatic rings. The van der Waals surface area contributed by atoms with Crippen LogP contribution in [-0.4, -0.2) is 41.2 Å². The summed E-state index contributed by atoms with van der Waals surface area (Å²) in [5, 5.41) is 18.4. The number of anilines is 2. The summed E-state index contributed by atoms with van der Waals surface area (Å²) in [7, 11) is 0. The van der Waals surface area contributed by atoms with Crippen molar-refractivity contribution in [3.8, 4) is 11.8 Å². The van der Waals surface area contributed by atoms with Crippen LogP contribution in [0.1, 0.15) is 18.2 Å². The van der Waals surface area contributed by atoms with Crippen molar-refractivity contribution in [1.82, 2.24) is 15.0 Å². The Labute approximate surface area is 163 Å². The topological polar surface area (TPSA) is 61.0 Å². The van der Waals surface area contributed by atoms with Gasteiger partial charge in [0.15, 0.2) is 5.82 Å². The van der Waals surface area contributed by atoms with Crippen molar-refractivity contribution in [2.45, 2.75) is 13.3 Å². The van der Waals surface area contributed by atoms with Gasteiger partial charge in [-0.25, -0.2) is 4.39 Å². The van der Waals surface area contributed by atoms with Gasteiger partial charge in [-0.15, -0.1) is 15.0 Å². The van der Waals surface area contributed by atoms with Crippen molar-refractivity contribution >= 4 is 11.5 Å². The Hall–Kier alpha value is -3.40. The van der Waals surface area contributed by atoms with Gasteiger partial charge in [0.2, 0.25) is 5.69 Å². The van der Waals surface area contributed by atoms with E-state index in [0.29, 0.717) is 43.4 Å². The number of halogens is 1. The van der Waals surface area contributed by atoms with Crippen molar-refractivity contribution in [1.29, 1.82) is 5.26 Å². The van der Waals surface area contributed by atoms with E-state index < -0.39 is 0 Å². The maximum Gasteiger partial charge on any atom is 0.207 e. The van der Waals surface area contributed by atoms with Crippen LogP contribution in [0.3, 0.4) is 0 Å². The number of benzene rings is 2. The number of hydrogen-bond donors (Lipinski definition) is 0. The molecule has 1 fully saturated rings. The molecule has 1 aliphatic heterocycles. The summed E-state index contributed by atoms with van der Waals surface area (Å²) < 4.78 is 14.0. The van der Waals surface area contributed by atoms with Crippen molar-refractivity contribution in [2.24, 2.45) is 0 Å². The molecule has 28 heavy (non-hydrogen) atoms. The Morgan fingerprint density at radius 3 is 2.29 bits per heavy atom. The molecule has 7 heteroatoms. The van der Waals surface area contributed by atoms with Gasteiger partial charge in [0, 0.05) is 26.2 Å². The van der Waals surface area contributed by atoms with Gasteiger partial charge in [-0.2, -0.15) is 5.26 Å². The lowest BCUT2D eigenvalue weighted by atomic mass is 10.2. The molecule has 0 bridgehead atoms. The molecule has 0 amide bonds. The number of aryl methyl sites for hydroxylation is 1. The molecule has 1 aromatic heterocycles. The van der Waals surface area contributed by atoms with Gasteiger partial charge in [0.1, 0.15) is 11.9 Å². The van der Waals surface area contributed by atoms with E-state index in [4.69, 9.17) is 0 Å². The first-order chi connectivity index (χ1) is 13.7. The van der Waals surface area contributed by atoms with E-state index in [1.807, 2.05) is 40.1 Å². The van der Waals surface area contributed by atoms with Crippen molar-refractivity contribution in [3.63, 3.8) is 0 Å². The van der Waals surface area contributed by atoms with Crippen molar-refractivity contribution in [2.75, 3.05) is 36.0 Å². The van der Waals surface area contributed by atoms with Crippen LogP contribution in [0.15, 0.2) is 48.5 Å². The minimum atomic E-state index is -0.213. The summed E-state index contributed by atoms with van der Waals surface area (Å²) in [5.74, 6) is 0.366. The Bertz CT molecular complexity index is 996. The highest BCUT2D eigenvalue weighted by molar-refractivity contribution is 5.54. The molecule has 1 saturated heterocycles. The second-order valence-corrected chi connectivity index (χ2v) is 6.72. The summed E-state index contributed by atoms with van der Waals surface area (Å²) in [6.45, 7) is 4.72. The first-order valence-corrected chi connectivity index (χ1v) is 9.40. The molecule has 142 valence electrons. The van der Waals surface area contributed by atoms with Crippen LogP contribution in [0.4, 0.5) is 15.9 Å². The molecule has 0 spiro atoms. The second kappa shape index (κ2) is 7.69. The summed E-state index contributed by atoms with van der Waals surface area (Å²) >= 11 is 0. The number of piperazine rings is 1. The zero-order valence-electron chi connectivity index (χ0n) is 15.7. The molecule has 2 heterocycles. The molecule has 0 saturated carbocycles. The molecule has 0 radical (unpaired) electrons. The van der Waals surface area contributed by atoms with Gasteiger partial charge in [-0.1, -0.05) is 31.2 Å². The van der Waals surface area contributed by atoms with Crippen LogP contribution in [0.25, 0.3) is 5.69 Å². The Morgan fingerprint density at radius 2 is 1.64 bits per heavy atom. The fourth-order valence-electron chi connectivity index (χ4n) is 3.43. The predicted molar refractivity (Wildman–Crippen MR) is 106 cm³/mol. The number of rotatable bonds is 4. The molecule has 0 aliphatic carbocycles. The molecule has 0 unspecified atom stereocenters. The van der Waals surface area contributed by atoms with Crippen LogP contribution in [0, 0.1) is 17.1 Å². The van der Waals surface area contributed by atoms with Gasteiger partial charge in [0.25, 0.3) is 0 Å². The second-order valence-electron chi connectivity index (χ2n) is 6.72. The van der Waals surface area contributed by atoms with Gasteiger partial charge < -0.3 is 9.80 Å². The SMILES string of the molecule is CCc1ccc(-n2nc(C#N)c(N3CCN(c4ccccc4F)CC3)n2)cc1. The van der Waals surface area contributed by atoms with Crippen LogP contribution in [0.5, 0.6) is 0 Å². The third kappa shape index (κ3) is 3.41. The molecule has 2 aromatic carbocycles. The minimum absolute atomic E-state index is 0.213. The van der Waals surface area contributed by atoms with E-state index in [0.717, 1.165) is 12.1 Å². The summed E-state index contributed by atoms with van der Waals surface area (Å²) in [6.07, 6.45) is 0.966. The lowest BCUT2D eigenvalue weighted by Gasteiger charge is -2.36. The van der Waals surface area contributed by atoms with E-state index in [1.165, 1.54) is 16.4 Å². The van der Waals surface area contributed by atoms with Crippen LogP contribution >= 0.6 is 0 Å². The Balaban J connectivity index is 1.53. The lowest BCUT2D eigenvalue weighted by Crippen LogP contribution is -2.47. The molecule has 0 N–H and O–H groups in total. The first kappa shape index (κ1) is 18.0. The van der Waals surface area contributed by atoms with Crippen molar-refractivity contribution < 1.29 is 4.39 Å². The largest absolute Gasteiger partial charge is 0.366 e. The number of nitriles is 1. The minimum Gasteiger partial charge on any atom is -0.366 e. The quantitative estimate of drug-likeness (QED) is 0.700. The average molecular weight is 376 g/mol. The predicted octanol–water partition coefficient (Wildman–Crippen LogP) is 3.17. The highest BCUT2D eigenvalue weighted by Crippen LogP contribution is 2.24. The van der Waals surface area contributed by atoms with E-state index in [-0.39, 0.29) is 5.82 Å². The number of hydrogen-bond acceptors (Lipinski definition) is 5. The average Bonchev–Trinajstić information content (AvgIpc) is 3.19. The van der Waals surface area contributed by atoms with E-state index in [2.05, 4.69) is 23.2 Å². The van der Waals surface area contributed by atoms with Crippen LogP contribution in [-0.2, 0) is 6.42 Å². The van der Waals surface area contributed by atoms with Crippen LogP contribution < -0.4 is 9.80 Å². The maximum atomic E-state index is 14.0. The summed E-state index contributed by atoms with van der Waals surface area (Å²) in [6, 6.07) is 16.9. The number of nitrogens with zero attached hydrogens (tertiary/aromatic N) is 6. The fraction of sp³-hybridized carbons (Fsp3) is 0.286. The van der Waals surface area contributed by atoms with Gasteiger partial charge in [-0.05, 0) is 36.2 Å². The molecule has 0 atom stereocenters. The number of para-hydroxylation sites is 1. The van der Waals surface area contributed by atoms with Crippen LogP contribution in [0.2, 0.25) is 0 Å². The molecular formula is C21H21FN6. The van der Waals surface area contributed by atoms with Gasteiger partial charge in [-0.3, -0.25) is 0 Å². The smallest absolute Gasteiger partial charge is 0.207 e. The Kier molecular flexibility index (Phi) is 4.94. The lowest BCUT2D eigenvalue weighted by molar-refractivity contribution is 0.595. The third-order valence-corrected chi connectivity index (χ3v) is 5.05. The van der Waals surface area contributed by atoms with Crippen molar-refractivity contribution in [3.05, 3.63) is 65.6 Å². The molecular weight excluding hydrogens is 355 g/mol. The monoisotopic (exact) mass is 376 g/mol. The Morgan fingerprint density at radius 1 is 0.964 bits per heavy atom. The van der Waals surface area contributed by atoms with E-state index >= 15 is 0 Å². The van der Waals surface area contributed by atoms with Gasteiger partial charge >= 0.3 is 0 Å². The fourth-order valence-corrected chi connectivity index (χ4v) is 3.43. The van der Waals surface area contributed by atoms with E-state index in [1.54, 1.807) is 12.1 Å². The third-order valence-electron chi connectivity index (χ3n) is 5.05. The molecule has 1 aliphatic rings. The number of aromatic nitrogens is 3. The summed E-state index contributed by atoms with van der Waals surface area (Å²) in [5.41, 5.74) is 2.98. The maximum absolute atomic E-state index is 14.0. The van der Waals surface area contributed by atoms with E-state index in [9.17, 15) is 9.65 Å². The zero-order chi connectivity index (χ0) is 19.5. The molecule has 6 nitrogen and oxygen atoms in total. The zero-order valence-corrected chi connectivity index (χ0v) is 15.7.